The molecule has 0 atom stereocenters. The van der Waals surface area contributed by atoms with Crippen molar-refractivity contribution in [3.63, 3.8) is 0 Å². The summed E-state index contributed by atoms with van der Waals surface area (Å²) in [5.74, 6) is 0.945. The monoisotopic (exact) mass is 343 g/mol. The van der Waals surface area contributed by atoms with E-state index in [4.69, 9.17) is 4.52 Å². The molecule has 3 aromatic rings. The molecule has 0 amide bonds. The van der Waals surface area contributed by atoms with Crippen molar-refractivity contribution < 1.29 is 12.9 Å². The average Bonchev–Trinajstić information content (AvgIpc) is 2.93. The molecule has 0 aliphatic heterocycles. The van der Waals surface area contributed by atoms with Gasteiger partial charge in [-0.05, 0) is 56.7 Å². The molecule has 0 bridgehead atoms. The van der Waals surface area contributed by atoms with Crippen LogP contribution < -0.4 is 4.72 Å². The molecule has 0 aliphatic rings. The first-order valence-corrected chi connectivity index (χ1v) is 8.84. The van der Waals surface area contributed by atoms with Gasteiger partial charge in [0.05, 0.1) is 4.90 Å². The fourth-order valence-electron chi connectivity index (χ4n) is 2.41. The first-order valence-electron chi connectivity index (χ1n) is 7.36. The number of nitrogens with zero attached hydrogens (tertiary/aromatic N) is 2. The summed E-state index contributed by atoms with van der Waals surface area (Å²) in [5.41, 5.74) is 2.92. The van der Waals surface area contributed by atoms with Gasteiger partial charge in [0.1, 0.15) is 0 Å². The Morgan fingerprint density at radius 2 is 1.71 bits per heavy atom. The van der Waals surface area contributed by atoms with Crippen molar-refractivity contribution in [3.8, 4) is 11.5 Å². The smallest absolute Gasteiger partial charge is 0.262 e. The number of aromatic nitrogens is 2. The van der Waals surface area contributed by atoms with Gasteiger partial charge in [0, 0.05) is 11.3 Å². The highest BCUT2D eigenvalue weighted by molar-refractivity contribution is 7.92. The van der Waals surface area contributed by atoms with Crippen LogP contribution in [-0.2, 0) is 10.0 Å². The van der Waals surface area contributed by atoms with E-state index in [1.807, 2.05) is 13.0 Å². The van der Waals surface area contributed by atoms with E-state index in [0.29, 0.717) is 23.0 Å². The summed E-state index contributed by atoms with van der Waals surface area (Å²) in [5, 5.41) is 3.73. The Labute approximate surface area is 140 Å². The lowest BCUT2D eigenvalue weighted by Gasteiger charge is -2.11. The number of aryl methyl sites for hydroxylation is 3. The molecule has 0 saturated carbocycles. The molecular weight excluding hydrogens is 326 g/mol. The summed E-state index contributed by atoms with van der Waals surface area (Å²) in [6.07, 6.45) is 0. The molecule has 1 heterocycles. The second-order valence-electron chi connectivity index (χ2n) is 5.60. The molecule has 0 radical (unpaired) electrons. The summed E-state index contributed by atoms with van der Waals surface area (Å²) >= 11 is 0. The fraction of sp³-hybridized carbons (Fsp3) is 0.176. The lowest BCUT2D eigenvalue weighted by atomic mass is 10.2. The van der Waals surface area contributed by atoms with Crippen molar-refractivity contribution in [2.45, 2.75) is 25.7 Å². The maximum absolute atomic E-state index is 12.5. The van der Waals surface area contributed by atoms with Crippen LogP contribution in [0.15, 0.2) is 51.9 Å². The first-order chi connectivity index (χ1) is 11.3. The number of rotatable bonds is 4. The number of benzene rings is 2. The third-order valence-corrected chi connectivity index (χ3v) is 5.07. The molecular formula is C17H17N3O3S. The quantitative estimate of drug-likeness (QED) is 0.784. The van der Waals surface area contributed by atoms with Gasteiger partial charge in [-0.3, -0.25) is 4.72 Å². The highest BCUT2D eigenvalue weighted by atomic mass is 32.2. The minimum absolute atomic E-state index is 0.268. The molecule has 0 spiro atoms. The van der Waals surface area contributed by atoms with Crippen molar-refractivity contribution in [2.75, 3.05) is 4.72 Å². The normalized spacial score (nSPS) is 11.5. The van der Waals surface area contributed by atoms with E-state index in [1.54, 1.807) is 50.2 Å². The Balaban J connectivity index is 1.85. The van der Waals surface area contributed by atoms with Crippen LogP contribution in [0.5, 0.6) is 0 Å². The lowest BCUT2D eigenvalue weighted by Crippen LogP contribution is -2.14. The van der Waals surface area contributed by atoms with Crippen LogP contribution in [0.2, 0.25) is 0 Å². The van der Waals surface area contributed by atoms with E-state index in [9.17, 15) is 8.42 Å². The number of anilines is 1. The van der Waals surface area contributed by atoms with Gasteiger partial charge in [0.15, 0.2) is 5.82 Å². The SMILES string of the molecule is Cc1ccc(S(=O)(=O)Nc2ccc(-c3nc(C)no3)cc2)c(C)c1. The van der Waals surface area contributed by atoms with E-state index in [1.165, 1.54) is 0 Å². The Morgan fingerprint density at radius 1 is 1.00 bits per heavy atom. The summed E-state index contributed by atoms with van der Waals surface area (Å²) in [4.78, 5) is 4.40. The van der Waals surface area contributed by atoms with Crippen molar-refractivity contribution >= 4 is 15.7 Å². The molecule has 124 valence electrons. The summed E-state index contributed by atoms with van der Waals surface area (Å²) in [7, 11) is -3.64. The first kappa shape index (κ1) is 16.2. The minimum atomic E-state index is -3.64. The standard InChI is InChI=1S/C17H17N3O3S/c1-11-4-9-16(12(2)10-11)24(21,22)20-15-7-5-14(6-8-15)17-18-13(3)19-23-17/h4-10,20H,1-3H3. The van der Waals surface area contributed by atoms with Crippen molar-refractivity contribution in [1.29, 1.82) is 0 Å². The summed E-state index contributed by atoms with van der Waals surface area (Å²) < 4.78 is 32.8. The average molecular weight is 343 g/mol. The van der Waals surface area contributed by atoms with Crippen molar-refractivity contribution in [2.24, 2.45) is 0 Å². The zero-order valence-electron chi connectivity index (χ0n) is 13.6. The molecule has 1 N–H and O–H groups in total. The summed E-state index contributed by atoms with van der Waals surface area (Å²) in [6, 6.07) is 12.0. The third-order valence-electron chi connectivity index (χ3n) is 3.53. The van der Waals surface area contributed by atoms with Gasteiger partial charge in [-0.25, -0.2) is 8.42 Å². The van der Waals surface area contributed by atoms with Crippen LogP contribution in [0.4, 0.5) is 5.69 Å². The molecule has 0 fully saturated rings. The van der Waals surface area contributed by atoms with Crippen molar-refractivity contribution in [1.82, 2.24) is 10.1 Å². The van der Waals surface area contributed by atoms with Gasteiger partial charge in [-0.1, -0.05) is 22.9 Å². The largest absolute Gasteiger partial charge is 0.334 e. The van der Waals surface area contributed by atoms with Crippen LogP contribution in [0.1, 0.15) is 17.0 Å². The molecule has 0 unspecified atom stereocenters. The molecule has 2 aromatic carbocycles. The number of nitrogens with one attached hydrogen (secondary N) is 1. The van der Waals surface area contributed by atoms with Gasteiger partial charge in [0.2, 0.25) is 0 Å². The molecule has 1 aromatic heterocycles. The fourth-order valence-corrected chi connectivity index (χ4v) is 3.69. The van der Waals surface area contributed by atoms with Crippen LogP contribution in [0, 0.1) is 20.8 Å². The number of hydrogen-bond acceptors (Lipinski definition) is 5. The molecule has 0 saturated heterocycles. The molecule has 6 nitrogen and oxygen atoms in total. The lowest BCUT2D eigenvalue weighted by molar-refractivity contribution is 0.425. The molecule has 3 rings (SSSR count). The second-order valence-corrected chi connectivity index (χ2v) is 7.25. The molecule has 0 aliphatic carbocycles. The van der Waals surface area contributed by atoms with E-state index < -0.39 is 10.0 Å². The van der Waals surface area contributed by atoms with Crippen LogP contribution in [0.25, 0.3) is 11.5 Å². The number of sulfonamides is 1. The zero-order chi connectivity index (χ0) is 17.3. The topological polar surface area (TPSA) is 85.1 Å². The van der Waals surface area contributed by atoms with Gasteiger partial charge >= 0.3 is 0 Å². The van der Waals surface area contributed by atoms with E-state index in [-0.39, 0.29) is 4.90 Å². The summed E-state index contributed by atoms with van der Waals surface area (Å²) in [6.45, 7) is 5.44. The van der Waals surface area contributed by atoms with Crippen LogP contribution in [-0.4, -0.2) is 18.6 Å². The van der Waals surface area contributed by atoms with E-state index in [0.717, 1.165) is 11.1 Å². The van der Waals surface area contributed by atoms with Crippen LogP contribution >= 0.6 is 0 Å². The minimum Gasteiger partial charge on any atom is -0.334 e. The van der Waals surface area contributed by atoms with Gasteiger partial charge in [0.25, 0.3) is 15.9 Å². The highest BCUT2D eigenvalue weighted by Crippen LogP contribution is 2.23. The van der Waals surface area contributed by atoms with E-state index in [2.05, 4.69) is 14.9 Å². The van der Waals surface area contributed by atoms with Crippen LogP contribution in [0.3, 0.4) is 0 Å². The van der Waals surface area contributed by atoms with E-state index >= 15 is 0 Å². The zero-order valence-corrected chi connectivity index (χ0v) is 14.4. The van der Waals surface area contributed by atoms with Gasteiger partial charge in [-0.2, -0.15) is 4.98 Å². The second kappa shape index (κ2) is 6.09. The predicted octanol–water partition coefficient (Wildman–Crippen LogP) is 3.46. The highest BCUT2D eigenvalue weighted by Gasteiger charge is 2.17. The van der Waals surface area contributed by atoms with Gasteiger partial charge < -0.3 is 4.52 Å². The Kier molecular flexibility index (Phi) is 4.11. The number of hydrogen-bond donors (Lipinski definition) is 1. The Morgan fingerprint density at radius 3 is 2.29 bits per heavy atom. The van der Waals surface area contributed by atoms with Gasteiger partial charge in [-0.15, -0.1) is 0 Å². The molecule has 7 heteroatoms. The third kappa shape index (κ3) is 3.30. The Hall–Kier alpha value is -2.67. The maximum atomic E-state index is 12.5. The van der Waals surface area contributed by atoms with Crippen molar-refractivity contribution in [3.05, 3.63) is 59.4 Å². The maximum Gasteiger partial charge on any atom is 0.262 e. The Bertz CT molecular complexity index is 977. The molecule has 24 heavy (non-hydrogen) atoms. The predicted molar refractivity (Wildman–Crippen MR) is 91.2 cm³/mol.